The van der Waals surface area contributed by atoms with Crippen molar-refractivity contribution >= 4 is 41.2 Å². The molecule has 12 nitrogen and oxygen atoms in total. The molecule has 1 heterocycles. The SMILES string of the molecule is CC(C)(C)OC(=O)NCCCCC(NC(=O)C(CC1CCCCC1)N(CC1c2ccccc2-c2ccccc21)C(=O)O)C(=O)Nc1ccc2c(c1)NCCC2=O. The topological polar surface area (TPSA) is 166 Å². The molecule has 0 aromatic heterocycles. The van der Waals surface area contributed by atoms with Crippen LogP contribution in [0.2, 0.25) is 0 Å². The average Bonchev–Trinajstić information content (AvgIpc) is 3.48. The summed E-state index contributed by atoms with van der Waals surface area (Å²) < 4.78 is 5.34. The number of ketones is 1. The minimum atomic E-state index is -1.19. The number of rotatable bonds is 14. The van der Waals surface area contributed by atoms with E-state index in [-0.39, 0.29) is 30.6 Å². The van der Waals surface area contributed by atoms with E-state index in [1.807, 2.05) is 48.5 Å². The third kappa shape index (κ3) is 10.1. The number of fused-ring (bicyclic) bond motifs is 4. The molecule has 3 aromatic rings. The number of anilines is 2. The van der Waals surface area contributed by atoms with E-state index in [2.05, 4.69) is 21.3 Å². The van der Waals surface area contributed by atoms with Crippen LogP contribution in [0.25, 0.3) is 11.1 Å². The van der Waals surface area contributed by atoms with E-state index in [0.29, 0.717) is 55.7 Å². The Labute approximate surface area is 329 Å². The van der Waals surface area contributed by atoms with Crippen molar-refractivity contribution in [1.29, 1.82) is 0 Å². The number of amides is 4. The summed E-state index contributed by atoms with van der Waals surface area (Å²) in [4.78, 5) is 67.9. The van der Waals surface area contributed by atoms with Crippen molar-refractivity contribution < 1.29 is 33.8 Å². The largest absolute Gasteiger partial charge is 0.465 e. The summed E-state index contributed by atoms with van der Waals surface area (Å²) in [7, 11) is 0. The molecule has 3 aliphatic rings. The van der Waals surface area contributed by atoms with Crippen molar-refractivity contribution in [2.45, 2.75) is 109 Å². The van der Waals surface area contributed by atoms with Crippen LogP contribution in [0.4, 0.5) is 21.0 Å². The van der Waals surface area contributed by atoms with Crippen molar-refractivity contribution in [3.05, 3.63) is 83.4 Å². The van der Waals surface area contributed by atoms with Crippen LogP contribution in [0.3, 0.4) is 0 Å². The number of hydrogen-bond acceptors (Lipinski definition) is 7. The predicted octanol–water partition coefficient (Wildman–Crippen LogP) is 7.93. The van der Waals surface area contributed by atoms with Gasteiger partial charge in [-0.3, -0.25) is 19.3 Å². The molecule has 0 spiro atoms. The molecule has 3 aromatic carbocycles. The number of Topliss-reactive ketones (excluding diaryl/α,β-unsaturated/α-hetero) is 1. The van der Waals surface area contributed by atoms with Gasteiger partial charge in [0.2, 0.25) is 11.8 Å². The van der Waals surface area contributed by atoms with Gasteiger partial charge in [-0.25, -0.2) is 9.59 Å². The molecule has 12 heteroatoms. The maximum absolute atomic E-state index is 14.6. The summed E-state index contributed by atoms with van der Waals surface area (Å²) in [5.41, 5.74) is 5.19. The molecule has 56 heavy (non-hydrogen) atoms. The van der Waals surface area contributed by atoms with Crippen LogP contribution < -0.4 is 21.3 Å². The maximum atomic E-state index is 14.6. The number of carbonyl (C=O) groups excluding carboxylic acids is 4. The molecule has 2 atom stereocenters. The Bertz CT molecular complexity index is 1870. The Hall–Kier alpha value is -5.39. The molecule has 0 radical (unpaired) electrons. The molecular formula is C44H55N5O7. The average molecular weight is 766 g/mol. The molecule has 0 bridgehead atoms. The lowest BCUT2D eigenvalue weighted by Gasteiger charge is -2.35. The normalized spacial score (nSPS) is 16.3. The second-order valence-corrected chi connectivity index (χ2v) is 16.3. The van der Waals surface area contributed by atoms with E-state index in [1.165, 1.54) is 4.90 Å². The highest BCUT2D eigenvalue weighted by Crippen LogP contribution is 2.45. The summed E-state index contributed by atoms with van der Waals surface area (Å²) >= 11 is 0. The quantitative estimate of drug-likeness (QED) is 0.103. The third-order valence-corrected chi connectivity index (χ3v) is 11.0. The van der Waals surface area contributed by atoms with Gasteiger partial charge in [0, 0.05) is 48.9 Å². The summed E-state index contributed by atoms with van der Waals surface area (Å²) in [6.45, 7) is 6.25. The monoisotopic (exact) mass is 765 g/mol. The second-order valence-electron chi connectivity index (χ2n) is 16.3. The molecule has 1 saturated carbocycles. The highest BCUT2D eigenvalue weighted by atomic mass is 16.6. The van der Waals surface area contributed by atoms with Crippen LogP contribution >= 0.6 is 0 Å². The highest BCUT2D eigenvalue weighted by Gasteiger charge is 2.39. The van der Waals surface area contributed by atoms with Gasteiger partial charge in [0.05, 0.1) is 0 Å². The molecule has 5 N–H and O–H groups in total. The van der Waals surface area contributed by atoms with Crippen LogP contribution in [0, 0.1) is 5.92 Å². The predicted molar refractivity (Wildman–Crippen MR) is 216 cm³/mol. The molecule has 1 aliphatic heterocycles. The van der Waals surface area contributed by atoms with Crippen molar-refractivity contribution in [2.75, 3.05) is 30.3 Å². The van der Waals surface area contributed by atoms with Gasteiger partial charge in [-0.15, -0.1) is 0 Å². The molecule has 298 valence electrons. The van der Waals surface area contributed by atoms with Gasteiger partial charge in [0.15, 0.2) is 5.78 Å². The number of alkyl carbamates (subject to hydrolysis) is 1. The zero-order chi connectivity index (χ0) is 39.8. The molecule has 2 aliphatic carbocycles. The van der Waals surface area contributed by atoms with E-state index < -0.39 is 41.7 Å². The number of benzene rings is 3. The number of nitrogens with one attached hydrogen (secondary N) is 4. The minimum absolute atomic E-state index is 0.0262. The Morgan fingerprint density at radius 3 is 2.23 bits per heavy atom. The van der Waals surface area contributed by atoms with Crippen molar-refractivity contribution in [2.24, 2.45) is 5.92 Å². The fraction of sp³-hybridized carbons (Fsp3) is 0.477. The molecule has 1 fully saturated rings. The molecule has 2 unspecified atom stereocenters. The Morgan fingerprint density at radius 1 is 0.893 bits per heavy atom. The van der Waals surface area contributed by atoms with Gasteiger partial charge < -0.3 is 31.1 Å². The van der Waals surface area contributed by atoms with Gasteiger partial charge >= 0.3 is 12.2 Å². The standard InChI is InChI=1S/C44H55N5O7/c1-44(2,3)56-42(53)46-23-12-11-19-36(40(51)47-29-20-21-34-37(26-29)45-24-22-39(34)50)48-41(52)38(25-28-13-5-4-6-14-28)49(43(54)55)27-35-32-17-9-7-15-30(32)31-16-8-10-18-33(31)35/h7-10,15-18,20-21,26,28,35-36,38,45H,4-6,11-14,19,22-25,27H2,1-3H3,(H,46,53)(H,47,51)(H,48,52)(H,54,55). The Balaban J connectivity index is 1.23. The fourth-order valence-corrected chi connectivity index (χ4v) is 8.31. The highest BCUT2D eigenvalue weighted by molar-refractivity contribution is 6.05. The fourth-order valence-electron chi connectivity index (χ4n) is 8.31. The summed E-state index contributed by atoms with van der Waals surface area (Å²) in [6, 6.07) is 19.0. The van der Waals surface area contributed by atoms with E-state index >= 15 is 0 Å². The van der Waals surface area contributed by atoms with Crippen molar-refractivity contribution in [3.63, 3.8) is 0 Å². The van der Waals surface area contributed by atoms with E-state index in [1.54, 1.807) is 39.0 Å². The summed E-state index contributed by atoms with van der Waals surface area (Å²) in [6.07, 6.45) is 5.24. The van der Waals surface area contributed by atoms with Crippen LogP contribution in [0.5, 0.6) is 0 Å². The lowest BCUT2D eigenvalue weighted by atomic mass is 9.84. The van der Waals surface area contributed by atoms with Crippen LogP contribution in [0.15, 0.2) is 66.7 Å². The van der Waals surface area contributed by atoms with Gasteiger partial charge in [-0.05, 0) is 92.8 Å². The van der Waals surface area contributed by atoms with Crippen molar-refractivity contribution in [3.8, 4) is 11.1 Å². The maximum Gasteiger partial charge on any atom is 0.408 e. The number of hydrogen-bond donors (Lipinski definition) is 5. The molecular weight excluding hydrogens is 711 g/mol. The van der Waals surface area contributed by atoms with Gasteiger partial charge in [-0.2, -0.15) is 0 Å². The first-order valence-electron chi connectivity index (χ1n) is 20.0. The third-order valence-electron chi connectivity index (χ3n) is 11.0. The second kappa shape index (κ2) is 18.0. The van der Waals surface area contributed by atoms with Gasteiger partial charge in [0.25, 0.3) is 0 Å². The summed E-state index contributed by atoms with van der Waals surface area (Å²) in [5, 5.41) is 22.7. The lowest BCUT2D eigenvalue weighted by Crippen LogP contribution is -2.55. The summed E-state index contributed by atoms with van der Waals surface area (Å²) in [5.74, 6) is -1.04. The number of unbranched alkanes of at least 4 members (excludes halogenated alkanes) is 1. The number of carbonyl (C=O) groups is 5. The van der Waals surface area contributed by atoms with Crippen LogP contribution in [-0.4, -0.2) is 77.1 Å². The van der Waals surface area contributed by atoms with E-state index in [0.717, 1.165) is 54.4 Å². The van der Waals surface area contributed by atoms with Crippen LogP contribution in [0.1, 0.15) is 112 Å². The first-order chi connectivity index (χ1) is 26.9. The van der Waals surface area contributed by atoms with E-state index in [4.69, 9.17) is 4.74 Å². The first-order valence-corrected chi connectivity index (χ1v) is 20.0. The molecule has 6 rings (SSSR count). The minimum Gasteiger partial charge on any atom is -0.465 e. The zero-order valence-corrected chi connectivity index (χ0v) is 32.7. The molecule has 0 saturated heterocycles. The zero-order valence-electron chi connectivity index (χ0n) is 32.7. The smallest absolute Gasteiger partial charge is 0.408 e. The number of ether oxygens (including phenoxy) is 1. The number of nitrogens with zero attached hydrogens (tertiary/aromatic N) is 1. The van der Waals surface area contributed by atoms with E-state index in [9.17, 15) is 29.1 Å². The van der Waals surface area contributed by atoms with Crippen LogP contribution in [-0.2, 0) is 14.3 Å². The number of carboxylic acid groups (broad SMARTS) is 1. The van der Waals surface area contributed by atoms with Gasteiger partial charge in [-0.1, -0.05) is 80.6 Å². The Kier molecular flexibility index (Phi) is 13.0. The lowest BCUT2D eigenvalue weighted by molar-refractivity contribution is -0.130. The first kappa shape index (κ1) is 40.3. The van der Waals surface area contributed by atoms with Crippen molar-refractivity contribution in [1.82, 2.24) is 15.5 Å². The van der Waals surface area contributed by atoms with Gasteiger partial charge in [0.1, 0.15) is 17.7 Å². The molecule has 4 amide bonds. The Morgan fingerprint density at radius 2 is 1.57 bits per heavy atom.